The van der Waals surface area contributed by atoms with Gasteiger partial charge in [-0.1, -0.05) is 62.6 Å². The van der Waals surface area contributed by atoms with Crippen LogP contribution in [-0.4, -0.2) is 24.6 Å². The average molecular weight is 439 g/mol. The van der Waals surface area contributed by atoms with Crippen LogP contribution in [0.4, 0.5) is 0 Å². The number of benzene rings is 2. The summed E-state index contributed by atoms with van der Waals surface area (Å²) in [6.07, 6.45) is 4.58. The molecule has 0 aliphatic carbocycles. The minimum absolute atomic E-state index is 0.0409. The predicted octanol–water partition coefficient (Wildman–Crippen LogP) is 5.33. The number of methoxy groups -OCH3 is 1. The van der Waals surface area contributed by atoms with Crippen LogP contribution in [0, 0.1) is 0 Å². The van der Waals surface area contributed by atoms with Crippen LogP contribution in [0.25, 0.3) is 0 Å². The number of ether oxygens (including phenoxy) is 2. The minimum Gasteiger partial charge on any atom is -0.493 e. The summed E-state index contributed by atoms with van der Waals surface area (Å²) in [5, 5.41) is 6.82. The van der Waals surface area contributed by atoms with Gasteiger partial charge in [-0.3, -0.25) is 4.79 Å². The third-order valence-corrected chi connectivity index (χ3v) is 5.55. The molecule has 2 N–H and O–H groups in total. The van der Waals surface area contributed by atoms with Gasteiger partial charge in [0.15, 0.2) is 22.4 Å². The lowest BCUT2D eigenvalue weighted by molar-refractivity contribution is 0.102. The molecule has 1 aliphatic heterocycles. The maximum absolute atomic E-state index is 13.3. The SMILES string of the molecule is CCCCCCOc1ccc(C2NC(=S)NC(C)=C2C(=O)c2ccccc2)cc1OC. The van der Waals surface area contributed by atoms with E-state index >= 15 is 0 Å². The minimum atomic E-state index is -0.381. The molecule has 1 heterocycles. The summed E-state index contributed by atoms with van der Waals surface area (Å²) in [6.45, 7) is 4.72. The first-order chi connectivity index (χ1) is 15.0. The van der Waals surface area contributed by atoms with Crippen LogP contribution in [0.5, 0.6) is 11.5 Å². The zero-order valence-corrected chi connectivity index (χ0v) is 19.2. The Bertz CT molecular complexity index is 956. The molecule has 0 aromatic heterocycles. The van der Waals surface area contributed by atoms with E-state index in [-0.39, 0.29) is 11.8 Å². The zero-order chi connectivity index (χ0) is 22.2. The van der Waals surface area contributed by atoms with Gasteiger partial charge in [0.25, 0.3) is 0 Å². The Morgan fingerprint density at radius 1 is 1.06 bits per heavy atom. The van der Waals surface area contributed by atoms with E-state index in [4.69, 9.17) is 21.7 Å². The molecule has 0 saturated carbocycles. The fourth-order valence-corrected chi connectivity index (χ4v) is 3.95. The number of hydrogen-bond acceptors (Lipinski definition) is 4. The van der Waals surface area contributed by atoms with Crippen molar-refractivity contribution in [3.63, 3.8) is 0 Å². The van der Waals surface area contributed by atoms with Crippen LogP contribution in [0.1, 0.15) is 61.5 Å². The van der Waals surface area contributed by atoms with Crippen LogP contribution in [-0.2, 0) is 0 Å². The van der Waals surface area contributed by atoms with Crippen molar-refractivity contribution >= 4 is 23.1 Å². The van der Waals surface area contributed by atoms with E-state index in [0.717, 1.165) is 24.1 Å². The standard InChI is InChI=1S/C25H30N2O3S/c1-4-5-6-10-15-30-20-14-13-19(16-21(20)29-3)23-22(17(2)26-25(31)27-23)24(28)18-11-8-7-9-12-18/h7-9,11-14,16,23H,4-6,10,15H2,1-3H3,(H2,26,27,31). The molecule has 3 rings (SSSR count). The summed E-state index contributed by atoms with van der Waals surface area (Å²) >= 11 is 5.37. The monoisotopic (exact) mass is 438 g/mol. The summed E-state index contributed by atoms with van der Waals surface area (Å²) in [6, 6.07) is 14.7. The van der Waals surface area contributed by atoms with Crippen molar-refractivity contribution in [3.8, 4) is 11.5 Å². The zero-order valence-electron chi connectivity index (χ0n) is 18.4. The number of carbonyl (C=O) groups is 1. The average Bonchev–Trinajstić information content (AvgIpc) is 2.78. The van der Waals surface area contributed by atoms with Crippen LogP contribution >= 0.6 is 12.2 Å². The lowest BCUT2D eigenvalue weighted by Crippen LogP contribution is -2.44. The molecule has 5 nitrogen and oxygen atoms in total. The van der Waals surface area contributed by atoms with Crippen LogP contribution in [0.2, 0.25) is 0 Å². The first kappa shape index (κ1) is 22.8. The smallest absolute Gasteiger partial charge is 0.193 e. The van der Waals surface area contributed by atoms with Crippen molar-refractivity contribution in [2.75, 3.05) is 13.7 Å². The molecule has 164 valence electrons. The Labute approximate surface area is 189 Å². The molecule has 1 unspecified atom stereocenters. The number of thiocarbonyl (C=S) groups is 1. The van der Waals surface area contributed by atoms with Gasteiger partial charge in [0.2, 0.25) is 0 Å². The van der Waals surface area contributed by atoms with Gasteiger partial charge in [-0.2, -0.15) is 0 Å². The van der Waals surface area contributed by atoms with E-state index < -0.39 is 0 Å². The summed E-state index contributed by atoms with van der Waals surface area (Å²) < 4.78 is 11.5. The number of hydrogen-bond donors (Lipinski definition) is 2. The predicted molar refractivity (Wildman–Crippen MR) is 128 cm³/mol. The molecule has 31 heavy (non-hydrogen) atoms. The highest BCUT2D eigenvalue weighted by Crippen LogP contribution is 2.35. The number of rotatable bonds is 10. The quantitative estimate of drug-likeness (QED) is 0.297. The molecule has 0 fully saturated rings. The molecule has 0 spiro atoms. The molecule has 1 aliphatic rings. The number of unbranched alkanes of at least 4 members (excludes halogenated alkanes) is 3. The number of Topliss-reactive ketones (excluding diaryl/α,β-unsaturated/α-hetero) is 1. The van der Waals surface area contributed by atoms with Crippen LogP contribution in [0.3, 0.4) is 0 Å². The Hall–Kier alpha value is -2.86. The van der Waals surface area contributed by atoms with E-state index in [2.05, 4.69) is 17.6 Å². The van der Waals surface area contributed by atoms with Gasteiger partial charge in [0.05, 0.1) is 19.8 Å². The molecule has 1 atom stereocenters. The maximum Gasteiger partial charge on any atom is 0.193 e. The molecule has 0 radical (unpaired) electrons. The second-order valence-corrected chi connectivity index (χ2v) is 7.99. The lowest BCUT2D eigenvalue weighted by Gasteiger charge is -2.30. The van der Waals surface area contributed by atoms with Crippen molar-refractivity contribution in [3.05, 3.63) is 70.9 Å². The van der Waals surface area contributed by atoms with E-state index in [1.165, 1.54) is 12.8 Å². The molecule has 0 saturated heterocycles. The third-order valence-electron chi connectivity index (χ3n) is 5.33. The summed E-state index contributed by atoms with van der Waals surface area (Å²) in [5.41, 5.74) is 2.91. The van der Waals surface area contributed by atoms with E-state index in [1.807, 2.05) is 55.5 Å². The van der Waals surface area contributed by atoms with Crippen molar-refractivity contribution < 1.29 is 14.3 Å². The van der Waals surface area contributed by atoms with Crippen molar-refractivity contribution in [2.24, 2.45) is 0 Å². The first-order valence-corrected chi connectivity index (χ1v) is 11.1. The highest BCUT2D eigenvalue weighted by Gasteiger charge is 2.31. The molecule has 0 amide bonds. The summed E-state index contributed by atoms with van der Waals surface area (Å²) in [5.74, 6) is 1.31. The van der Waals surface area contributed by atoms with Gasteiger partial charge in [0.1, 0.15) is 0 Å². The Balaban J connectivity index is 1.87. The summed E-state index contributed by atoms with van der Waals surface area (Å²) in [7, 11) is 1.63. The van der Waals surface area contributed by atoms with Gasteiger partial charge in [-0.05, 0) is 43.3 Å². The highest BCUT2D eigenvalue weighted by molar-refractivity contribution is 7.80. The maximum atomic E-state index is 13.3. The number of ketones is 1. The van der Waals surface area contributed by atoms with Crippen molar-refractivity contribution in [1.29, 1.82) is 0 Å². The fourth-order valence-electron chi connectivity index (χ4n) is 3.68. The third kappa shape index (κ3) is 5.64. The first-order valence-electron chi connectivity index (χ1n) is 10.7. The van der Waals surface area contributed by atoms with Gasteiger partial charge in [-0.15, -0.1) is 0 Å². The molecule has 6 heteroatoms. The second-order valence-electron chi connectivity index (χ2n) is 7.58. The summed E-state index contributed by atoms with van der Waals surface area (Å²) in [4.78, 5) is 13.3. The number of carbonyl (C=O) groups excluding carboxylic acids is 1. The number of allylic oxidation sites excluding steroid dienone is 1. The van der Waals surface area contributed by atoms with Gasteiger partial charge >= 0.3 is 0 Å². The number of nitrogens with one attached hydrogen (secondary N) is 2. The van der Waals surface area contributed by atoms with Crippen LogP contribution in [0.15, 0.2) is 59.8 Å². The molecule has 0 bridgehead atoms. The molecule has 2 aromatic carbocycles. The normalized spacial score (nSPS) is 15.8. The van der Waals surface area contributed by atoms with Gasteiger partial charge in [0, 0.05) is 16.8 Å². The fraction of sp³-hybridized carbons (Fsp3) is 0.360. The Morgan fingerprint density at radius 3 is 2.55 bits per heavy atom. The van der Waals surface area contributed by atoms with Gasteiger partial charge in [-0.25, -0.2) is 0 Å². The van der Waals surface area contributed by atoms with Crippen molar-refractivity contribution in [1.82, 2.24) is 10.6 Å². The lowest BCUT2D eigenvalue weighted by atomic mass is 9.89. The van der Waals surface area contributed by atoms with Gasteiger partial charge < -0.3 is 20.1 Å². The van der Waals surface area contributed by atoms with E-state index in [1.54, 1.807) is 7.11 Å². The van der Waals surface area contributed by atoms with E-state index in [9.17, 15) is 4.79 Å². The molecule has 2 aromatic rings. The Morgan fingerprint density at radius 2 is 1.84 bits per heavy atom. The largest absolute Gasteiger partial charge is 0.493 e. The molecular formula is C25H30N2O3S. The second kappa shape index (κ2) is 11.0. The topological polar surface area (TPSA) is 59.6 Å². The van der Waals surface area contributed by atoms with Crippen LogP contribution < -0.4 is 20.1 Å². The molecular weight excluding hydrogens is 408 g/mol. The van der Waals surface area contributed by atoms with E-state index in [0.29, 0.717) is 34.4 Å². The Kier molecular flexibility index (Phi) is 8.06. The highest BCUT2D eigenvalue weighted by atomic mass is 32.1. The van der Waals surface area contributed by atoms with Crippen molar-refractivity contribution in [2.45, 2.75) is 45.6 Å².